The first-order valence-electron chi connectivity index (χ1n) is 16.1. The topological polar surface area (TPSA) is 63.0 Å². The zero-order valence-electron chi connectivity index (χ0n) is 24.9. The number of fused-ring (bicyclic) bond motifs is 1. The molecule has 4 fully saturated rings. The molecular weight excluding hydrogens is 512 g/mol. The highest BCUT2D eigenvalue weighted by molar-refractivity contribution is 5.96. The van der Waals surface area contributed by atoms with Gasteiger partial charge in [0.25, 0.3) is 0 Å². The first-order chi connectivity index (χ1) is 20.1. The van der Waals surface area contributed by atoms with Crippen molar-refractivity contribution < 1.29 is 13.9 Å². The Morgan fingerprint density at radius 1 is 1.00 bits per heavy atom. The highest BCUT2D eigenvalue weighted by atomic mass is 16.5. The summed E-state index contributed by atoms with van der Waals surface area (Å²) in [5.41, 5.74) is 3.30. The molecule has 0 amide bonds. The van der Waals surface area contributed by atoms with Gasteiger partial charge in [-0.15, -0.1) is 0 Å². The van der Waals surface area contributed by atoms with Crippen molar-refractivity contribution >= 4 is 16.6 Å². The second kappa shape index (κ2) is 11.5. The molecule has 220 valence electrons. The Bertz CT molecular complexity index is 1350. The van der Waals surface area contributed by atoms with Crippen LogP contribution in [0.5, 0.6) is 11.5 Å². The summed E-state index contributed by atoms with van der Waals surface area (Å²) in [5.74, 6) is 3.33. The van der Waals surface area contributed by atoms with Crippen molar-refractivity contribution in [3.63, 3.8) is 0 Å². The normalized spacial score (nSPS) is 22.7. The second-order valence-corrected chi connectivity index (χ2v) is 12.8. The Hall–Kier alpha value is -2.77. The number of rotatable bonds is 11. The minimum absolute atomic E-state index is 0.406. The summed E-state index contributed by atoms with van der Waals surface area (Å²) in [4.78, 5) is 10.4. The van der Waals surface area contributed by atoms with Crippen LogP contribution in [0, 0.1) is 5.41 Å². The van der Waals surface area contributed by atoms with E-state index in [1.807, 2.05) is 0 Å². The van der Waals surface area contributed by atoms with Crippen LogP contribution in [-0.4, -0.2) is 73.3 Å². The van der Waals surface area contributed by atoms with Crippen LogP contribution in [0.2, 0.25) is 0 Å². The van der Waals surface area contributed by atoms with Crippen LogP contribution in [0.25, 0.3) is 22.4 Å². The van der Waals surface area contributed by atoms with Crippen molar-refractivity contribution in [2.24, 2.45) is 5.41 Å². The largest absolute Gasteiger partial charge is 0.493 e. The monoisotopic (exact) mass is 558 g/mol. The molecule has 0 bridgehead atoms. The molecule has 7 rings (SSSR count). The smallest absolute Gasteiger partial charge is 0.163 e. The molecule has 7 heteroatoms. The van der Waals surface area contributed by atoms with E-state index in [4.69, 9.17) is 18.9 Å². The zero-order valence-corrected chi connectivity index (χ0v) is 24.9. The summed E-state index contributed by atoms with van der Waals surface area (Å²) in [5, 5.41) is 5.10. The summed E-state index contributed by atoms with van der Waals surface area (Å²) < 4.78 is 18.3. The van der Waals surface area contributed by atoms with Crippen LogP contribution in [0.15, 0.2) is 34.7 Å². The maximum Gasteiger partial charge on any atom is 0.163 e. The number of pyridine rings is 1. The van der Waals surface area contributed by atoms with E-state index < -0.39 is 0 Å². The Balaban J connectivity index is 1.16. The molecule has 4 aliphatic rings. The molecule has 2 saturated carbocycles. The van der Waals surface area contributed by atoms with Gasteiger partial charge in [0.1, 0.15) is 11.5 Å². The van der Waals surface area contributed by atoms with Gasteiger partial charge in [-0.1, -0.05) is 6.92 Å². The highest BCUT2D eigenvalue weighted by Crippen LogP contribution is 2.52. The van der Waals surface area contributed by atoms with E-state index in [0.29, 0.717) is 18.1 Å². The number of ether oxygens (including phenoxy) is 2. The third kappa shape index (κ3) is 5.55. The lowest BCUT2D eigenvalue weighted by atomic mass is 9.59. The summed E-state index contributed by atoms with van der Waals surface area (Å²) >= 11 is 0. The number of nitrogens with one attached hydrogen (secondary N) is 1. The molecule has 2 saturated heterocycles. The van der Waals surface area contributed by atoms with Crippen molar-refractivity contribution in [1.29, 1.82) is 0 Å². The summed E-state index contributed by atoms with van der Waals surface area (Å²) in [6.07, 6.45) is 12.5. The van der Waals surface area contributed by atoms with Crippen molar-refractivity contribution in [3.05, 3.63) is 36.1 Å². The average molecular weight is 559 g/mol. The SMILES string of the molecule is CCc1ccc(-c2cc(NC3CCC34CCN(C3CC3)CC4)c3cc(OC)c(OCCCN4CCCC4)cc3n2)o1. The number of likely N-dealkylation sites (tertiary alicyclic amines) is 2. The van der Waals surface area contributed by atoms with E-state index in [9.17, 15) is 0 Å². The van der Waals surface area contributed by atoms with Crippen LogP contribution in [0.4, 0.5) is 5.69 Å². The van der Waals surface area contributed by atoms with Gasteiger partial charge in [0, 0.05) is 42.2 Å². The molecule has 41 heavy (non-hydrogen) atoms. The van der Waals surface area contributed by atoms with Crippen molar-refractivity contribution in [2.75, 3.05) is 51.8 Å². The van der Waals surface area contributed by atoms with E-state index >= 15 is 0 Å². The second-order valence-electron chi connectivity index (χ2n) is 12.8. The van der Waals surface area contributed by atoms with Crippen molar-refractivity contribution in [3.8, 4) is 23.0 Å². The quantitative estimate of drug-likeness (QED) is 0.261. The van der Waals surface area contributed by atoms with Crippen LogP contribution in [0.1, 0.15) is 70.5 Å². The first-order valence-corrected chi connectivity index (χ1v) is 16.1. The fraction of sp³-hybridized carbons (Fsp3) is 0.618. The van der Waals surface area contributed by atoms with Gasteiger partial charge in [0.05, 0.1) is 19.2 Å². The lowest BCUT2D eigenvalue weighted by Gasteiger charge is -2.54. The Labute approximate surface area is 244 Å². The minimum atomic E-state index is 0.406. The van der Waals surface area contributed by atoms with Crippen LogP contribution >= 0.6 is 0 Å². The molecule has 1 N–H and O–H groups in total. The highest BCUT2D eigenvalue weighted by Gasteiger charge is 2.49. The van der Waals surface area contributed by atoms with Gasteiger partial charge in [-0.25, -0.2) is 4.98 Å². The van der Waals surface area contributed by atoms with Gasteiger partial charge in [-0.2, -0.15) is 0 Å². The van der Waals surface area contributed by atoms with E-state index in [-0.39, 0.29) is 0 Å². The molecule has 4 heterocycles. The Morgan fingerprint density at radius 2 is 1.83 bits per heavy atom. The fourth-order valence-corrected chi connectivity index (χ4v) is 7.42. The summed E-state index contributed by atoms with van der Waals surface area (Å²) in [6, 6.07) is 11.8. The molecule has 1 spiro atoms. The van der Waals surface area contributed by atoms with Crippen LogP contribution in [-0.2, 0) is 6.42 Å². The molecule has 1 unspecified atom stereocenters. The number of aromatic nitrogens is 1. The molecule has 0 radical (unpaired) electrons. The van der Waals surface area contributed by atoms with Crippen LogP contribution < -0.4 is 14.8 Å². The van der Waals surface area contributed by atoms with Gasteiger partial charge in [0.2, 0.25) is 0 Å². The van der Waals surface area contributed by atoms with Gasteiger partial charge in [0.15, 0.2) is 17.3 Å². The number of hydrogen-bond donors (Lipinski definition) is 1. The standard InChI is InChI=1S/C34H46N4O3/c1-3-25-9-10-30(41-25)29-22-27(36-33-11-12-34(33)13-18-38(19-14-34)24-7-8-24)26-21-31(39-2)32(23-28(26)35-29)40-20-6-17-37-15-4-5-16-37/h9-10,21-24,33H,3-8,11-20H2,1-2H3,(H,35,36). The third-order valence-corrected chi connectivity index (χ3v) is 10.3. The van der Waals surface area contributed by atoms with E-state index in [2.05, 4.69) is 52.4 Å². The van der Waals surface area contributed by atoms with E-state index in [1.54, 1.807) is 7.11 Å². The van der Waals surface area contributed by atoms with Gasteiger partial charge in [-0.3, -0.25) is 0 Å². The number of furan rings is 1. The molecule has 1 aromatic carbocycles. The molecule has 2 aromatic heterocycles. The number of methoxy groups -OCH3 is 1. The molecule has 3 aromatic rings. The molecule has 1 atom stereocenters. The molecular formula is C34H46N4O3. The third-order valence-electron chi connectivity index (χ3n) is 10.3. The molecule has 2 aliphatic heterocycles. The number of benzene rings is 1. The summed E-state index contributed by atoms with van der Waals surface area (Å²) in [6.45, 7) is 8.82. The predicted octanol–water partition coefficient (Wildman–Crippen LogP) is 6.75. The van der Waals surface area contributed by atoms with Gasteiger partial charge >= 0.3 is 0 Å². The molecule has 7 nitrogen and oxygen atoms in total. The number of piperidine rings is 1. The first kappa shape index (κ1) is 27.1. The maximum atomic E-state index is 6.30. The van der Waals surface area contributed by atoms with E-state index in [1.165, 1.54) is 77.5 Å². The van der Waals surface area contributed by atoms with Crippen molar-refractivity contribution in [1.82, 2.24) is 14.8 Å². The van der Waals surface area contributed by atoms with E-state index in [0.717, 1.165) is 70.7 Å². The van der Waals surface area contributed by atoms with Gasteiger partial charge < -0.3 is 29.0 Å². The Kier molecular flexibility index (Phi) is 7.59. The number of aryl methyl sites for hydroxylation is 1. The molecule has 2 aliphatic carbocycles. The van der Waals surface area contributed by atoms with Crippen LogP contribution in [0.3, 0.4) is 0 Å². The zero-order chi connectivity index (χ0) is 27.8. The Morgan fingerprint density at radius 3 is 2.51 bits per heavy atom. The maximum absolute atomic E-state index is 6.30. The lowest BCUT2D eigenvalue weighted by molar-refractivity contribution is 0.0161. The summed E-state index contributed by atoms with van der Waals surface area (Å²) in [7, 11) is 1.73. The average Bonchev–Trinajstić information content (AvgIpc) is 3.50. The van der Waals surface area contributed by atoms with Gasteiger partial charge in [-0.05, 0) is 114 Å². The minimum Gasteiger partial charge on any atom is -0.493 e. The van der Waals surface area contributed by atoms with Crippen molar-refractivity contribution in [2.45, 2.75) is 83.2 Å². The fourth-order valence-electron chi connectivity index (χ4n) is 7.42. The number of anilines is 1. The predicted molar refractivity (Wildman–Crippen MR) is 164 cm³/mol. The lowest BCUT2D eigenvalue weighted by Crippen LogP contribution is -2.55. The number of hydrogen-bond acceptors (Lipinski definition) is 7. The number of nitrogens with zero attached hydrogens (tertiary/aromatic N) is 3.